The van der Waals surface area contributed by atoms with Crippen LogP contribution in [0.1, 0.15) is 17.1 Å². The first-order chi connectivity index (χ1) is 9.63. The van der Waals surface area contributed by atoms with Gasteiger partial charge in [0.1, 0.15) is 5.03 Å². The van der Waals surface area contributed by atoms with Crippen LogP contribution in [-0.4, -0.2) is 24.3 Å². The number of hydrogen-bond acceptors (Lipinski definition) is 6. The summed E-state index contributed by atoms with van der Waals surface area (Å²) in [5, 5.41) is 0.727. The lowest BCUT2D eigenvalue weighted by Gasteiger charge is -2.00. The van der Waals surface area contributed by atoms with Crippen LogP contribution < -0.4 is 5.73 Å². The molecule has 6 nitrogen and oxygen atoms in total. The fourth-order valence-electron chi connectivity index (χ4n) is 1.98. The second-order valence-electron chi connectivity index (χ2n) is 4.48. The van der Waals surface area contributed by atoms with Crippen LogP contribution in [0, 0.1) is 13.8 Å². The van der Waals surface area contributed by atoms with E-state index in [1.54, 1.807) is 12.4 Å². The molecule has 102 valence electrons. The molecule has 0 aliphatic rings. The Kier molecular flexibility index (Phi) is 3.27. The van der Waals surface area contributed by atoms with Crippen molar-refractivity contribution in [3.63, 3.8) is 0 Å². The third-order valence-corrected chi connectivity index (χ3v) is 3.89. The van der Waals surface area contributed by atoms with Gasteiger partial charge in [0.2, 0.25) is 5.78 Å². The summed E-state index contributed by atoms with van der Waals surface area (Å²) >= 11 is 1.52. The Morgan fingerprint density at radius 2 is 2.00 bits per heavy atom. The number of imidazole rings is 1. The molecule has 0 atom stereocenters. The normalized spacial score (nSPS) is 11.1. The third kappa shape index (κ3) is 2.44. The largest absolute Gasteiger partial charge is 0.381 e. The molecule has 0 saturated heterocycles. The second-order valence-corrected chi connectivity index (χ2v) is 5.44. The van der Waals surface area contributed by atoms with E-state index in [1.165, 1.54) is 11.8 Å². The first kappa shape index (κ1) is 12.9. The van der Waals surface area contributed by atoms with Gasteiger partial charge in [0, 0.05) is 35.7 Å². The van der Waals surface area contributed by atoms with Crippen molar-refractivity contribution in [2.45, 2.75) is 24.6 Å². The van der Waals surface area contributed by atoms with Crippen molar-refractivity contribution < 1.29 is 0 Å². The highest BCUT2D eigenvalue weighted by molar-refractivity contribution is 7.98. The lowest BCUT2D eigenvalue weighted by molar-refractivity contribution is 1.01. The van der Waals surface area contributed by atoms with E-state index in [4.69, 9.17) is 5.73 Å². The number of nitrogens with two attached hydrogens (primary N) is 1. The smallest absolute Gasteiger partial charge is 0.234 e. The molecule has 0 aliphatic heterocycles. The number of nitrogen functional groups attached to an aromatic ring is 1. The molecule has 0 amide bonds. The molecular weight excluding hydrogens is 272 g/mol. The standard InChI is InChI=1S/C13H14N6S/c1-8-5-9(2)19-6-10(18-13(19)17-8)7-20-12-11(14)15-3-4-16-12/h3-6H,7H2,1-2H3,(H2,14,15). The molecule has 3 rings (SSSR count). The summed E-state index contributed by atoms with van der Waals surface area (Å²) < 4.78 is 1.99. The summed E-state index contributed by atoms with van der Waals surface area (Å²) in [5.74, 6) is 1.86. The molecule has 0 aliphatic carbocycles. The molecule has 0 spiro atoms. The van der Waals surface area contributed by atoms with Crippen molar-refractivity contribution in [1.82, 2.24) is 24.3 Å². The number of thioether (sulfide) groups is 1. The molecule has 3 aromatic rings. The molecule has 0 radical (unpaired) electrons. The number of hydrogen-bond donors (Lipinski definition) is 1. The van der Waals surface area contributed by atoms with Crippen molar-refractivity contribution in [1.29, 1.82) is 0 Å². The third-order valence-electron chi connectivity index (χ3n) is 2.86. The fourth-order valence-corrected chi connectivity index (χ4v) is 2.74. The molecule has 3 aromatic heterocycles. The molecule has 2 N–H and O–H groups in total. The highest BCUT2D eigenvalue weighted by Crippen LogP contribution is 2.24. The summed E-state index contributed by atoms with van der Waals surface area (Å²) in [6.07, 6.45) is 5.22. The van der Waals surface area contributed by atoms with E-state index in [0.717, 1.165) is 27.9 Å². The van der Waals surface area contributed by atoms with Gasteiger partial charge in [0.05, 0.1) is 5.69 Å². The maximum absolute atomic E-state index is 5.77. The highest BCUT2D eigenvalue weighted by Gasteiger charge is 2.08. The number of aryl methyl sites for hydroxylation is 2. The minimum Gasteiger partial charge on any atom is -0.381 e. The topological polar surface area (TPSA) is 82.0 Å². The van der Waals surface area contributed by atoms with E-state index in [1.807, 2.05) is 30.5 Å². The molecule has 0 bridgehead atoms. The number of aromatic nitrogens is 5. The van der Waals surface area contributed by atoms with Gasteiger partial charge in [-0.05, 0) is 19.9 Å². The monoisotopic (exact) mass is 286 g/mol. The fraction of sp³-hybridized carbons (Fsp3) is 0.231. The van der Waals surface area contributed by atoms with E-state index in [0.29, 0.717) is 11.6 Å². The predicted octanol–water partition coefficient (Wildman–Crippen LogP) is 2.01. The van der Waals surface area contributed by atoms with Crippen molar-refractivity contribution >= 4 is 23.4 Å². The maximum Gasteiger partial charge on any atom is 0.234 e. The van der Waals surface area contributed by atoms with Gasteiger partial charge in [-0.1, -0.05) is 11.8 Å². The summed E-state index contributed by atoms with van der Waals surface area (Å²) in [7, 11) is 0. The number of rotatable bonds is 3. The lowest BCUT2D eigenvalue weighted by Crippen LogP contribution is -1.94. The van der Waals surface area contributed by atoms with Crippen LogP contribution in [0.5, 0.6) is 0 Å². The van der Waals surface area contributed by atoms with Crippen LogP contribution in [0.25, 0.3) is 5.78 Å². The van der Waals surface area contributed by atoms with Crippen LogP contribution in [-0.2, 0) is 5.75 Å². The van der Waals surface area contributed by atoms with Gasteiger partial charge in [-0.25, -0.2) is 19.9 Å². The van der Waals surface area contributed by atoms with E-state index in [9.17, 15) is 0 Å². The molecule has 0 saturated carbocycles. The Labute approximate surface area is 120 Å². The zero-order chi connectivity index (χ0) is 14.1. The highest BCUT2D eigenvalue weighted by atomic mass is 32.2. The summed E-state index contributed by atoms with van der Waals surface area (Å²) in [6.45, 7) is 4.01. The Bertz CT molecular complexity index is 767. The Balaban J connectivity index is 1.85. The summed E-state index contributed by atoms with van der Waals surface area (Å²) in [6, 6.07) is 2.03. The molecule has 0 unspecified atom stereocenters. The van der Waals surface area contributed by atoms with Gasteiger partial charge in [-0.15, -0.1) is 0 Å². The van der Waals surface area contributed by atoms with Crippen molar-refractivity contribution in [3.05, 3.63) is 41.7 Å². The molecule has 3 heterocycles. The van der Waals surface area contributed by atoms with Crippen LogP contribution in [0.2, 0.25) is 0 Å². The van der Waals surface area contributed by atoms with Crippen LogP contribution >= 0.6 is 11.8 Å². The van der Waals surface area contributed by atoms with E-state index in [2.05, 4.69) is 19.9 Å². The van der Waals surface area contributed by atoms with Crippen molar-refractivity contribution in [3.8, 4) is 0 Å². The van der Waals surface area contributed by atoms with Gasteiger partial charge in [0.15, 0.2) is 5.82 Å². The molecule has 20 heavy (non-hydrogen) atoms. The lowest BCUT2D eigenvalue weighted by atomic mass is 10.3. The van der Waals surface area contributed by atoms with Crippen LogP contribution in [0.15, 0.2) is 29.7 Å². The van der Waals surface area contributed by atoms with Crippen LogP contribution in [0.3, 0.4) is 0 Å². The SMILES string of the molecule is Cc1cc(C)n2cc(CSc3nccnc3N)nc2n1. The van der Waals surface area contributed by atoms with Gasteiger partial charge >= 0.3 is 0 Å². The predicted molar refractivity (Wildman–Crippen MR) is 78.5 cm³/mol. The van der Waals surface area contributed by atoms with Gasteiger partial charge in [0.25, 0.3) is 0 Å². The Hall–Kier alpha value is -2.15. The number of fused-ring (bicyclic) bond motifs is 1. The van der Waals surface area contributed by atoms with Gasteiger partial charge < -0.3 is 5.73 Å². The minimum absolute atomic E-state index is 0.450. The van der Waals surface area contributed by atoms with Gasteiger partial charge in [-0.3, -0.25) is 4.40 Å². The van der Waals surface area contributed by atoms with Crippen LogP contribution in [0.4, 0.5) is 5.82 Å². The molecule has 0 fully saturated rings. The molecule has 7 heteroatoms. The average Bonchev–Trinajstić information content (AvgIpc) is 2.81. The average molecular weight is 286 g/mol. The maximum atomic E-state index is 5.77. The molecule has 0 aromatic carbocycles. The van der Waals surface area contributed by atoms with Crippen molar-refractivity contribution in [2.75, 3.05) is 5.73 Å². The van der Waals surface area contributed by atoms with E-state index >= 15 is 0 Å². The zero-order valence-electron chi connectivity index (χ0n) is 11.2. The van der Waals surface area contributed by atoms with E-state index in [-0.39, 0.29) is 0 Å². The minimum atomic E-state index is 0.450. The molecular formula is C13H14N6S. The summed E-state index contributed by atoms with van der Waals surface area (Å²) in [5.41, 5.74) is 8.81. The zero-order valence-corrected chi connectivity index (χ0v) is 12.1. The first-order valence-corrected chi connectivity index (χ1v) is 7.13. The quantitative estimate of drug-likeness (QED) is 0.742. The Morgan fingerprint density at radius 3 is 2.80 bits per heavy atom. The van der Waals surface area contributed by atoms with E-state index < -0.39 is 0 Å². The van der Waals surface area contributed by atoms with Crippen molar-refractivity contribution in [2.24, 2.45) is 0 Å². The second kappa shape index (κ2) is 5.09. The first-order valence-electron chi connectivity index (χ1n) is 6.15. The number of nitrogens with zero attached hydrogens (tertiary/aromatic N) is 5. The number of anilines is 1. The van der Waals surface area contributed by atoms with Gasteiger partial charge in [-0.2, -0.15) is 0 Å². The Morgan fingerprint density at radius 1 is 1.20 bits per heavy atom. The summed E-state index contributed by atoms with van der Waals surface area (Å²) in [4.78, 5) is 17.2.